The van der Waals surface area contributed by atoms with Gasteiger partial charge in [0.2, 0.25) is 5.91 Å². The summed E-state index contributed by atoms with van der Waals surface area (Å²) in [6.07, 6.45) is 0. The predicted octanol–water partition coefficient (Wildman–Crippen LogP) is 3.30. The minimum absolute atomic E-state index is 0.0270. The van der Waals surface area contributed by atoms with Gasteiger partial charge in [-0.05, 0) is 43.9 Å². The fourth-order valence-electron chi connectivity index (χ4n) is 3.06. The highest BCUT2D eigenvalue weighted by Gasteiger charge is 2.33. The number of nitrogens with zero attached hydrogens (tertiary/aromatic N) is 2. The van der Waals surface area contributed by atoms with Crippen LogP contribution in [0.1, 0.15) is 17.3 Å². The molecule has 0 radical (unpaired) electrons. The first-order valence-electron chi connectivity index (χ1n) is 8.29. The number of anilines is 1. The number of imidazole rings is 1. The Morgan fingerprint density at radius 1 is 1.20 bits per heavy atom. The molecule has 1 amide bonds. The van der Waals surface area contributed by atoms with Crippen molar-refractivity contribution in [1.82, 2.24) is 14.9 Å². The van der Waals surface area contributed by atoms with Gasteiger partial charge in [-0.25, -0.2) is 4.98 Å². The van der Waals surface area contributed by atoms with Crippen LogP contribution in [0.4, 0.5) is 5.69 Å². The number of nitrogens with one attached hydrogen (secondary N) is 2. The number of para-hydroxylation sites is 1. The molecular formula is C19H20N4OS. The minimum atomic E-state index is -0.367. The van der Waals surface area contributed by atoms with E-state index in [2.05, 4.69) is 46.4 Å². The Hall–Kier alpha value is -2.31. The Balaban J connectivity index is 1.62. The standard InChI is InChI=1S/C19H20N4OS/c1-23(2)9-10-25-12-7-8-15-16(11-12)21-18(20-15)17-13-5-3-4-6-14(13)22-19(17)24/h3-8,11,17H,9-10H2,1-2H3,(H,20,21)(H,22,24). The number of H-pyrrole nitrogens is 1. The normalized spacial score (nSPS) is 16.4. The highest BCUT2D eigenvalue weighted by Crippen LogP contribution is 2.36. The lowest BCUT2D eigenvalue weighted by Crippen LogP contribution is -2.14. The number of fused-ring (bicyclic) bond motifs is 2. The van der Waals surface area contributed by atoms with Crippen molar-refractivity contribution in [3.63, 3.8) is 0 Å². The van der Waals surface area contributed by atoms with E-state index in [-0.39, 0.29) is 11.8 Å². The maximum atomic E-state index is 12.4. The molecule has 3 aromatic rings. The van der Waals surface area contributed by atoms with Crippen LogP contribution in [0.5, 0.6) is 0 Å². The van der Waals surface area contributed by atoms with Gasteiger partial charge in [0.25, 0.3) is 0 Å². The Bertz CT molecular complexity index is 934. The van der Waals surface area contributed by atoms with Gasteiger partial charge in [-0.15, -0.1) is 11.8 Å². The van der Waals surface area contributed by atoms with Crippen LogP contribution in [0.3, 0.4) is 0 Å². The summed E-state index contributed by atoms with van der Waals surface area (Å²) >= 11 is 1.83. The van der Waals surface area contributed by atoms with E-state index in [4.69, 9.17) is 0 Å². The quantitative estimate of drug-likeness (QED) is 0.692. The van der Waals surface area contributed by atoms with E-state index in [1.165, 1.54) is 4.90 Å². The molecule has 2 aromatic carbocycles. The molecule has 1 unspecified atom stereocenters. The van der Waals surface area contributed by atoms with Gasteiger partial charge in [0.05, 0.1) is 11.0 Å². The summed E-state index contributed by atoms with van der Waals surface area (Å²) < 4.78 is 0. The molecule has 5 nitrogen and oxygen atoms in total. The molecule has 0 saturated heterocycles. The van der Waals surface area contributed by atoms with Gasteiger partial charge >= 0.3 is 0 Å². The number of hydrogen-bond donors (Lipinski definition) is 2. The van der Waals surface area contributed by atoms with Gasteiger partial charge in [0.1, 0.15) is 11.7 Å². The Morgan fingerprint density at radius 2 is 2.04 bits per heavy atom. The summed E-state index contributed by atoms with van der Waals surface area (Å²) in [7, 11) is 4.16. The number of carbonyl (C=O) groups is 1. The molecule has 1 aliphatic heterocycles. The second kappa shape index (κ2) is 6.54. The van der Waals surface area contributed by atoms with Gasteiger partial charge in [0.15, 0.2) is 0 Å². The van der Waals surface area contributed by atoms with Crippen LogP contribution in [0, 0.1) is 0 Å². The second-order valence-electron chi connectivity index (χ2n) is 6.46. The smallest absolute Gasteiger partial charge is 0.239 e. The summed E-state index contributed by atoms with van der Waals surface area (Å²) in [6.45, 7) is 1.04. The zero-order valence-electron chi connectivity index (χ0n) is 14.2. The fraction of sp³-hybridized carbons (Fsp3) is 0.263. The molecule has 1 aromatic heterocycles. The zero-order chi connectivity index (χ0) is 17.4. The van der Waals surface area contributed by atoms with Crippen molar-refractivity contribution >= 4 is 34.4 Å². The summed E-state index contributed by atoms with van der Waals surface area (Å²) in [5, 5.41) is 2.93. The van der Waals surface area contributed by atoms with Crippen LogP contribution in [-0.2, 0) is 4.79 Å². The minimum Gasteiger partial charge on any atom is -0.341 e. The van der Waals surface area contributed by atoms with Gasteiger partial charge in [-0.1, -0.05) is 18.2 Å². The summed E-state index contributed by atoms with van der Waals surface area (Å²) in [4.78, 5) is 23.8. The first-order valence-corrected chi connectivity index (χ1v) is 9.27. The lowest BCUT2D eigenvalue weighted by Gasteiger charge is -2.08. The van der Waals surface area contributed by atoms with Gasteiger partial charge < -0.3 is 15.2 Å². The molecule has 25 heavy (non-hydrogen) atoms. The van der Waals surface area contributed by atoms with Crippen LogP contribution in [0.15, 0.2) is 47.4 Å². The van der Waals surface area contributed by atoms with E-state index in [1.54, 1.807) is 0 Å². The van der Waals surface area contributed by atoms with Crippen molar-refractivity contribution in [3.8, 4) is 0 Å². The number of carbonyl (C=O) groups excluding carboxylic acids is 1. The third-order valence-electron chi connectivity index (χ3n) is 4.34. The SMILES string of the molecule is CN(C)CCSc1ccc2nc(C3C(=O)Nc4ccccc43)[nH]c2c1. The maximum Gasteiger partial charge on any atom is 0.239 e. The highest BCUT2D eigenvalue weighted by molar-refractivity contribution is 7.99. The molecule has 0 spiro atoms. The Labute approximate surface area is 150 Å². The lowest BCUT2D eigenvalue weighted by molar-refractivity contribution is -0.116. The van der Waals surface area contributed by atoms with Gasteiger partial charge in [-0.2, -0.15) is 0 Å². The number of benzene rings is 2. The van der Waals surface area contributed by atoms with Crippen molar-refractivity contribution in [2.45, 2.75) is 10.8 Å². The van der Waals surface area contributed by atoms with E-state index in [0.717, 1.165) is 34.6 Å². The summed E-state index contributed by atoms with van der Waals surface area (Å²) in [6, 6.07) is 14.0. The Kier molecular flexibility index (Phi) is 4.23. The van der Waals surface area contributed by atoms with E-state index in [1.807, 2.05) is 42.1 Å². The predicted molar refractivity (Wildman–Crippen MR) is 102 cm³/mol. The molecule has 4 rings (SSSR count). The number of rotatable bonds is 5. The molecule has 128 valence electrons. The zero-order valence-corrected chi connectivity index (χ0v) is 15.1. The third kappa shape index (κ3) is 3.15. The van der Waals surface area contributed by atoms with Crippen molar-refractivity contribution in [2.24, 2.45) is 0 Å². The molecule has 0 fully saturated rings. The van der Waals surface area contributed by atoms with E-state index in [9.17, 15) is 4.79 Å². The molecule has 1 atom stereocenters. The number of aromatic amines is 1. The third-order valence-corrected chi connectivity index (χ3v) is 5.32. The van der Waals surface area contributed by atoms with E-state index < -0.39 is 0 Å². The molecular weight excluding hydrogens is 332 g/mol. The number of amides is 1. The highest BCUT2D eigenvalue weighted by atomic mass is 32.2. The summed E-state index contributed by atoms with van der Waals surface area (Å²) in [5.41, 5.74) is 3.72. The fourth-order valence-corrected chi connectivity index (χ4v) is 4.12. The second-order valence-corrected chi connectivity index (χ2v) is 7.63. The Morgan fingerprint density at radius 3 is 2.88 bits per heavy atom. The average Bonchev–Trinajstić information content (AvgIpc) is 3.13. The number of hydrogen-bond acceptors (Lipinski definition) is 4. The van der Waals surface area contributed by atoms with E-state index >= 15 is 0 Å². The van der Waals surface area contributed by atoms with Crippen LogP contribution >= 0.6 is 11.8 Å². The largest absolute Gasteiger partial charge is 0.341 e. The molecule has 6 heteroatoms. The molecule has 0 saturated carbocycles. The van der Waals surface area contributed by atoms with Crippen LogP contribution in [-0.4, -0.2) is 47.2 Å². The number of aromatic nitrogens is 2. The van der Waals surface area contributed by atoms with E-state index in [0.29, 0.717) is 5.82 Å². The molecule has 2 N–H and O–H groups in total. The molecule has 2 heterocycles. The van der Waals surface area contributed by atoms with Crippen LogP contribution in [0.25, 0.3) is 11.0 Å². The van der Waals surface area contributed by atoms with Crippen LogP contribution in [0.2, 0.25) is 0 Å². The first-order chi connectivity index (χ1) is 12.1. The van der Waals surface area contributed by atoms with Crippen molar-refractivity contribution in [2.75, 3.05) is 31.7 Å². The molecule has 1 aliphatic rings. The maximum absolute atomic E-state index is 12.4. The summed E-state index contributed by atoms with van der Waals surface area (Å²) in [5.74, 6) is 1.35. The van der Waals surface area contributed by atoms with Gasteiger partial charge in [0, 0.05) is 22.9 Å². The monoisotopic (exact) mass is 352 g/mol. The van der Waals surface area contributed by atoms with Gasteiger partial charge in [-0.3, -0.25) is 4.79 Å². The average molecular weight is 352 g/mol. The molecule has 0 aliphatic carbocycles. The number of thioether (sulfide) groups is 1. The van der Waals surface area contributed by atoms with Crippen molar-refractivity contribution in [1.29, 1.82) is 0 Å². The first kappa shape index (κ1) is 16.2. The topological polar surface area (TPSA) is 61.0 Å². The van der Waals surface area contributed by atoms with Crippen molar-refractivity contribution < 1.29 is 4.79 Å². The molecule has 0 bridgehead atoms. The lowest BCUT2D eigenvalue weighted by atomic mass is 10.0. The van der Waals surface area contributed by atoms with Crippen LogP contribution < -0.4 is 5.32 Å². The van der Waals surface area contributed by atoms with Crippen molar-refractivity contribution in [3.05, 3.63) is 53.9 Å².